The standard InChI is InChI=1S/C22H29F3N4O/c1-15(20-14-28(3)27-16(20)2)26-21(30)12-17-7-9-29(10-8-17)13-18-5-4-6-19(11-18)22(23,24)25/h4-6,11,14-15,17H,7-10,12-13H2,1-3H3,(H,26,30)/t15-/m0/s1. The molecule has 8 heteroatoms. The van der Waals surface area contributed by atoms with Crippen molar-refractivity contribution < 1.29 is 18.0 Å². The van der Waals surface area contributed by atoms with Crippen molar-refractivity contribution in [3.05, 3.63) is 52.8 Å². The van der Waals surface area contributed by atoms with Crippen LogP contribution < -0.4 is 5.32 Å². The lowest BCUT2D eigenvalue weighted by atomic mass is 9.92. The van der Waals surface area contributed by atoms with Gasteiger partial charge in [0.1, 0.15) is 0 Å². The van der Waals surface area contributed by atoms with Crippen LogP contribution >= 0.6 is 0 Å². The summed E-state index contributed by atoms with van der Waals surface area (Å²) in [5.74, 6) is 0.326. The van der Waals surface area contributed by atoms with Gasteiger partial charge in [-0.1, -0.05) is 18.2 Å². The Bertz CT molecular complexity index is 870. The van der Waals surface area contributed by atoms with E-state index in [1.807, 2.05) is 27.1 Å². The summed E-state index contributed by atoms with van der Waals surface area (Å²) >= 11 is 0. The number of alkyl halides is 3. The van der Waals surface area contributed by atoms with Gasteiger partial charge in [0.15, 0.2) is 0 Å². The second-order valence-electron chi connectivity index (χ2n) is 8.25. The summed E-state index contributed by atoms with van der Waals surface area (Å²) in [6, 6.07) is 5.42. The highest BCUT2D eigenvalue weighted by molar-refractivity contribution is 5.76. The molecule has 0 radical (unpaired) electrons. The molecule has 2 aromatic rings. The number of carbonyl (C=O) groups is 1. The molecule has 1 aromatic heterocycles. The van der Waals surface area contributed by atoms with Gasteiger partial charge in [-0.15, -0.1) is 0 Å². The number of carbonyl (C=O) groups excluding carboxylic acids is 1. The van der Waals surface area contributed by atoms with Crippen molar-refractivity contribution in [3.8, 4) is 0 Å². The average Bonchev–Trinajstić information content (AvgIpc) is 3.01. The van der Waals surface area contributed by atoms with Gasteiger partial charge in [0.05, 0.1) is 17.3 Å². The zero-order valence-corrected chi connectivity index (χ0v) is 17.7. The van der Waals surface area contributed by atoms with Crippen LogP contribution in [-0.2, 0) is 24.6 Å². The van der Waals surface area contributed by atoms with Crippen LogP contribution in [0.25, 0.3) is 0 Å². The molecule has 30 heavy (non-hydrogen) atoms. The molecule has 0 spiro atoms. The third-order valence-corrected chi connectivity index (χ3v) is 5.74. The molecular weight excluding hydrogens is 393 g/mol. The highest BCUT2D eigenvalue weighted by Gasteiger charge is 2.30. The number of piperidine rings is 1. The van der Waals surface area contributed by atoms with E-state index in [2.05, 4.69) is 15.3 Å². The fraction of sp³-hybridized carbons (Fsp3) is 0.545. The van der Waals surface area contributed by atoms with Gasteiger partial charge in [-0.25, -0.2) is 0 Å². The lowest BCUT2D eigenvalue weighted by Crippen LogP contribution is -2.36. The van der Waals surface area contributed by atoms with Crippen LogP contribution in [0.5, 0.6) is 0 Å². The topological polar surface area (TPSA) is 50.2 Å². The summed E-state index contributed by atoms with van der Waals surface area (Å²) in [7, 11) is 1.86. The molecular formula is C22H29F3N4O. The van der Waals surface area contributed by atoms with Crippen LogP contribution in [0.3, 0.4) is 0 Å². The zero-order valence-electron chi connectivity index (χ0n) is 17.7. The third kappa shape index (κ3) is 5.84. The number of rotatable bonds is 6. The molecule has 0 bridgehead atoms. The Morgan fingerprint density at radius 1 is 1.30 bits per heavy atom. The fourth-order valence-electron chi connectivity index (χ4n) is 4.14. The van der Waals surface area contributed by atoms with Gasteiger partial charge in [0, 0.05) is 31.8 Å². The highest BCUT2D eigenvalue weighted by Crippen LogP contribution is 2.30. The Morgan fingerprint density at radius 2 is 2.00 bits per heavy atom. The van der Waals surface area contributed by atoms with Crippen molar-refractivity contribution in [2.75, 3.05) is 13.1 Å². The molecule has 1 saturated heterocycles. The number of benzene rings is 1. The van der Waals surface area contributed by atoms with Gasteiger partial charge in [0.25, 0.3) is 0 Å². The Kier molecular flexibility index (Phi) is 6.85. The number of nitrogens with zero attached hydrogens (tertiary/aromatic N) is 3. The minimum atomic E-state index is -4.32. The molecule has 1 aromatic carbocycles. The minimum absolute atomic E-state index is 0.0297. The summed E-state index contributed by atoms with van der Waals surface area (Å²) in [6.07, 6.45) is -0.186. The van der Waals surface area contributed by atoms with Crippen LogP contribution in [-0.4, -0.2) is 33.7 Å². The van der Waals surface area contributed by atoms with E-state index in [1.165, 1.54) is 12.1 Å². The first-order chi connectivity index (χ1) is 14.1. The Labute approximate surface area is 175 Å². The SMILES string of the molecule is Cc1nn(C)cc1[C@H](C)NC(=O)CC1CCN(Cc2cccc(C(F)(F)F)c2)CC1. The molecule has 1 N–H and O–H groups in total. The number of amides is 1. The van der Waals surface area contributed by atoms with Crippen molar-refractivity contribution in [2.45, 2.75) is 51.9 Å². The first kappa shape index (κ1) is 22.3. The first-order valence-electron chi connectivity index (χ1n) is 10.3. The molecule has 164 valence electrons. The molecule has 0 saturated carbocycles. The quantitative estimate of drug-likeness (QED) is 0.758. The number of halogens is 3. The van der Waals surface area contributed by atoms with Crippen LogP contribution in [0.1, 0.15) is 54.6 Å². The molecule has 1 aliphatic rings. The number of hydrogen-bond donors (Lipinski definition) is 1. The molecule has 1 atom stereocenters. The van der Waals surface area contributed by atoms with E-state index < -0.39 is 11.7 Å². The van der Waals surface area contributed by atoms with E-state index in [-0.39, 0.29) is 11.9 Å². The molecule has 2 heterocycles. The normalized spacial score (nSPS) is 17.1. The molecule has 3 rings (SSSR count). The lowest BCUT2D eigenvalue weighted by molar-refractivity contribution is -0.137. The maximum absolute atomic E-state index is 12.9. The van der Waals surface area contributed by atoms with E-state index in [0.717, 1.165) is 43.3 Å². The maximum Gasteiger partial charge on any atom is 0.416 e. The van der Waals surface area contributed by atoms with E-state index in [1.54, 1.807) is 10.7 Å². The average molecular weight is 422 g/mol. The zero-order chi connectivity index (χ0) is 21.9. The van der Waals surface area contributed by atoms with Crippen LogP contribution in [0.15, 0.2) is 30.5 Å². The largest absolute Gasteiger partial charge is 0.416 e. The van der Waals surface area contributed by atoms with Gasteiger partial charge in [-0.05, 0) is 57.3 Å². The predicted molar refractivity (Wildman–Crippen MR) is 109 cm³/mol. The van der Waals surface area contributed by atoms with Gasteiger partial charge >= 0.3 is 6.18 Å². The molecule has 0 aliphatic carbocycles. The molecule has 1 amide bonds. The van der Waals surface area contributed by atoms with Crippen LogP contribution in [0, 0.1) is 12.8 Å². The highest BCUT2D eigenvalue weighted by atomic mass is 19.4. The summed E-state index contributed by atoms with van der Waals surface area (Å²) in [5.41, 5.74) is 1.99. The lowest BCUT2D eigenvalue weighted by Gasteiger charge is -2.32. The Hall–Kier alpha value is -2.35. The minimum Gasteiger partial charge on any atom is -0.349 e. The van der Waals surface area contributed by atoms with Crippen molar-refractivity contribution >= 4 is 5.91 Å². The molecule has 5 nitrogen and oxygen atoms in total. The number of hydrogen-bond acceptors (Lipinski definition) is 3. The Morgan fingerprint density at radius 3 is 2.60 bits per heavy atom. The van der Waals surface area contributed by atoms with Gasteiger partial charge < -0.3 is 5.32 Å². The third-order valence-electron chi connectivity index (χ3n) is 5.74. The van der Waals surface area contributed by atoms with E-state index in [4.69, 9.17) is 0 Å². The number of nitrogens with one attached hydrogen (secondary N) is 1. The monoisotopic (exact) mass is 422 g/mol. The molecule has 1 aliphatic heterocycles. The molecule has 1 fully saturated rings. The van der Waals surface area contributed by atoms with Crippen LogP contribution in [0.2, 0.25) is 0 Å². The van der Waals surface area contributed by atoms with Crippen LogP contribution in [0.4, 0.5) is 13.2 Å². The van der Waals surface area contributed by atoms with Crippen molar-refractivity contribution in [3.63, 3.8) is 0 Å². The van der Waals surface area contributed by atoms with Crippen molar-refractivity contribution in [2.24, 2.45) is 13.0 Å². The van der Waals surface area contributed by atoms with E-state index in [0.29, 0.717) is 24.4 Å². The number of likely N-dealkylation sites (tertiary alicyclic amines) is 1. The smallest absolute Gasteiger partial charge is 0.349 e. The summed E-state index contributed by atoms with van der Waals surface area (Å²) in [5, 5.41) is 7.37. The first-order valence-corrected chi connectivity index (χ1v) is 10.3. The predicted octanol–water partition coefficient (Wildman–Crippen LogP) is 4.23. The Balaban J connectivity index is 1.45. The fourth-order valence-corrected chi connectivity index (χ4v) is 4.14. The summed E-state index contributed by atoms with van der Waals surface area (Å²) in [4.78, 5) is 14.6. The van der Waals surface area contributed by atoms with Crippen molar-refractivity contribution in [1.82, 2.24) is 20.0 Å². The van der Waals surface area contributed by atoms with Gasteiger partial charge in [0.2, 0.25) is 5.91 Å². The number of aryl methyl sites for hydroxylation is 2. The van der Waals surface area contributed by atoms with E-state index in [9.17, 15) is 18.0 Å². The van der Waals surface area contributed by atoms with Gasteiger partial charge in [-0.3, -0.25) is 14.4 Å². The molecule has 0 unspecified atom stereocenters. The maximum atomic E-state index is 12.9. The summed E-state index contributed by atoms with van der Waals surface area (Å²) in [6.45, 7) is 5.95. The second kappa shape index (κ2) is 9.20. The number of aromatic nitrogens is 2. The second-order valence-corrected chi connectivity index (χ2v) is 8.25. The summed E-state index contributed by atoms with van der Waals surface area (Å²) < 4.78 is 40.4. The van der Waals surface area contributed by atoms with Crippen molar-refractivity contribution in [1.29, 1.82) is 0 Å². The van der Waals surface area contributed by atoms with E-state index >= 15 is 0 Å². The van der Waals surface area contributed by atoms with Gasteiger partial charge in [-0.2, -0.15) is 18.3 Å².